The predicted octanol–water partition coefficient (Wildman–Crippen LogP) is 8.08. The Morgan fingerprint density at radius 3 is 1.44 bits per heavy atom. The molecule has 4 aromatic rings. The van der Waals surface area contributed by atoms with Gasteiger partial charge in [0, 0.05) is 61.1 Å². The fourth-order valence-corrected chi connectivity index (χ4v) is 6.57. The van der Waals surface area contributed by atoms with Crippen molar-refractivity contribution in [3.63, 3.8) is 0 Å². The third-order valence-electron chi connectivity index (χ3n) is 9.24. The zero-order valence-electron chi connectivity index (χ0n) is 31.7. The van der Waals surface area contributed by atoms with Crippen LogP contribution in [0.15, 0.2) is 85.2 Å². The van der Waals surface area contributed by atoms with E-state index in [0.717, 1.165) is 35.4 Å². The minimum atomic E-state index is -4.78. The van der Waals surface area contributed by atoms with Gasteiger partial charge in [0.1, 0.15) is 18.0 Å². The largest absolute Gasteiger partial charge is 0.573 e. The maximum absolute atomic E-state index is 12.6. The van der Waals surface area contributed by atoms with Gasteiger partial charge in [-0.15, -0.1) is 13.2 Å². The molecule has 6 N–H and O–H groups in total. The second-order valence-electron chi connectivity index (χ2n) is 13.5. The number of pyridine rings is 2. The van der Waals surface area contributed by atoms with Crippen LogP contribution in [0.4, 0.5) is 47.3 Å². The van der Waals surface area contributed by atoms with Gasteiger partial charge in [0.2, 0.25) is 0 Å². The number of carbonyl (C=O) groups is 2. The van der Waals surface area contributed by atoms with Crippen LogP contribution in [-0.2, 0) is 6.18 Å². The lowest BCUT2D eigenvalue weighted by Crippen LogP contribution is -2.38. The summed E-state index contributed by atoms with van der Waals surface area (Å²) in [5.41, 5.74) is 3.37. The minimum Gasteiger partial charge on any atom is -0.406 e. The van der Waals surface area contributed by atoms with Crippen LogP contribution in [0.3, 0.4) is 0 Å². The number of benzene rings is 2. The van der Waals surface area contributed by atoms with Crippen LogP contribution in [0, 0.1) is 0 Å². The number of halogens is 8. The van der Waals surface area contributed by atoms with E-state index in [0.29, 0.717) is 64.2 Å². The van der Waals surface area contributed by atoms with Crippen molar-refractivity contribution in [1.82, 2.24) is 19.8 Å². The van der Waals surface area contributed by atoms with E-state index in [-0.39, 0.29) is 24.5 Å². The average Bonchev–Trinajstić information content (AvgIpc) is 3.23. The normalized spacial score (nSPS) is 15.4. The van der Waals surface area contributed by atoms with E-state index >= 15 is 0 Å². The highest BCUT2D eigenvalue weighted by Crippen LogP contribution is 2.32. The van der Waals surface area contributed by atoms with Crippen LogP contribution < -0.4 is 15.4 Å². The second-order valence-corrected chi connectivity index (χ2v) is 14.3. The topological polar surface area (TPSA) is 181 Å². The van der Waals surface area contributed by atoms with Crippen LogP contribution in [-0.4, -0.2) is 98.0 Å². The fourth-order valence-electron chi connectivity index (χ4n) is 5.98. The van der Waals surface area contributed by atoms with Crippen molar-refractivity contribution in [3.8, 4) is 5.75 Å². The number of aliphatic hydroxyl groups is 4. The number of carbonyl (C=O) groups excluding carboxylic acids is 2. The van der Waals surface area contributed by atoms with E-state index in [4.69, 9.17) is 33.4 Å². The Morgan fingerprint density at radius 2 is 1.11 bits per heavy atom. The molecule has 21 heteroatoms. The van der Waals surface area contributed by atoms with Gasteiger partial charge >= 0.3 is 24.6 Å². The molecule has 0 saturated carbocycles. The van der Waals surface area contributed by atoms with Crippen molar-refractivity contribution in [1.29, 1.82) is 0 Å². The first-order valence-corrected chi connectivity index (χ1v) is 19.0. The summed E-state index contributed by atoms with van der Waals surface area (Å²) in [5, 5.41) is 43.2. The highest BCUT2D eigenvalue weighted by molar-refractivity contribution is 6.32. The molecule has 0 bridgehead atoms. The minimum absolute atomic E-state index is 0.269. The number of alkyl halides is 6. The first-order chi connectivity index (χ1) is 28.8. The molecule has 0 radical (unpaired) electrons. The molecule has 2 aromatic heterocycles. The van der Waals surface area contributed by atoms with Gasteiger partial charge in [-0.1, -0.05) is 35.4 Å². The highest BCUT2D eigenvalue weighted by Gasteiger charge is 2.32. The summed E-state index contributed by atoms with van der Waals surface area (Å²) in [5.74, 6) is -0.377. The zero-order chi connectivity index (χ0) is 44.5. The van der Waals surface area contributed by atoms with Crippen LogP contribution in [0.1, 0.15) is 53.1 Å². The number of urea groups is 2. The number of amides is 4. The predicted molar refractivity (Wildman–Crippen MR) is 214 cm³/mol. The summed E-state index contributed by atoms with van der Waals surface area (Å²) in [7, 11) is 0. The first kappa shape index (κ1) is 46.6. The standard InChI is InChI=1S/C20H19ClF3N3O4.C20H19ClF3N3O3/c21-16-9-13(17(29)11-28)10-25-18(16)12-5-7-27(8-6-12)19(30)26-14-1-3-15(4-2-14)31-20(22,23)24;21-16-9-13(17(29)11-28)10-25-18(16)12-5-7-27(8-6-12)19(30)26-15-3-1-14(2-4-15)20(22,23)24/h1-5,9-10,17,28-29H,6-8,11H2,(H,26,30);1-5,9-10,17,28-29H,6-8,11H2,(H,26,30)/t2*17-/m11/s1. The molecule has 326 valence electrons. The Bertz CT molecular complexity index is 2230. The van der Waals surface area contributed by atoms with E-state index < -0.39 is 55.6 Å². The number of aromatic nitrogens is 2. The van der Waals surface area contributed by atoms with Crippen molar-refractivity contribution in [2.45, 2.75) is 37.6 Å². The van der Waals surface area contributed by atoms with Crippen LogP contribution in [0.5, 0.6) is 5.75 Å². The Labute approximate surface area is 354 Å². The van der Waals surface area contributed by atoms with Gasteiger partial charge in [-0.3, -0.25) is 9.97 Å². The molecule has 0 spiro atoms. The summed E-state index contributed by atoms with van der Waals surface area (Å²) >= 11 is 12.5. The van der Waals surface area contributed by atoms with Gasteiger partial charge in [-0.25, -0.2) is 9.59 Å². The molecule has 2 atom stereocenters. The molecule has 0 fully saturated rings. The second kappa shape index (κ2) is 20.4. The maximum atomic E-state index is 12.6. The van der Waals surface area contributed by atoms with Gasteiger partial charge < -0.3 is 45.6 Å². The lowest BCUT2D eigenvalue weighted by Gasteiger charge is -2.27. The van der Waals surface area contributed by atoms with Gasteiger partial charge in [0.05, 0.1) is 40.2 Å². The van der Waals surface area contributed by atoms with Gasteiger partial charge in [0.15, 0.2) is 0 Å². The summed E-state index contributed by atoms with van der Waals surface area (Å²) in [6.45, 7) is 0.435. The number of ether oxygens (including phenoxy) is 1. The van der Waals surface area contributed by atoms with E-state index in [1.54, 1.807) is 12.2 Å². The van der Waals surface area contributed by atoms with Crippen LogP contribution in [0.2, 0.25) is 10.0 Å². The molecule has 2 aromatic carbocycles. The van der Waals surface area contributed by atoms with Crippen molar-refractivity contribution < 1.29 is 61.1 Å². The lowest BCUT2D eigenvalue weighted by atomic mass is 10.0. The maximum Gasteiger partial charge on any atom is 0.573 e. The molecule has 6 rings (SSSR count). The molecule has 0 unspecified atom stereocenters. The number of aliphatic hydroxyl groups excluding tert-OH is 4. The smallest absolute Gasteiger partial charge is 0.406 e. The van der Waals surface area contributed by atoms with Crippen LogP contribution >= 0.6 is 23.2 Å². The molecule has 4 heterocycles. The number of hydrogen-bond donors (Lipinski definition) is 6. The quantitative estimate of drug-likeness (QED) is 0.0906. The molecular weight excluding hydrogens is 861 g/mol. The Balaban J connectivity index is 0.000000231. The van der Waals surface area contributed by atoms with Crippen LogP contribution in [0.25, 0.3) is 11.1 Å². The number of rotatable bonds is 9. The van der Waals surface area contributed by atoms with Crippen molar-refractivity contribution in [2.75, 3.05) is 50.0 Å². The molecule has 4 amide bonds. The molecule has 61 heavy (non-hydrogen) atoms. The molecule has 0 saturated heterocycles. The third kappa shape index (κ3) is 13.0. The van der Waals surface area contributed by atoms with E-state index in [9.17, 15) is 46.1 Å². The summed E-state index contributed by atoms with van der Waals surface area (Å²) in [6, 6.07) is 11.3. The molecule has 0 aliphatic carbocycles. The van der Waals surface area contributed by atoms with E-state index in [1.807, 2.05) is 0 Å². The molecule has 13 nitrogen and oxygen atoms in total. The molecule has 2 aliphatic heterocycles. The monoisotopic (exact) mass is 898 g/mol. The summed E-state index contributed by atoms with van der Waals surface area (Å²) in [4.78, 5) is 36.4. The Morgan fingerprint density at radius 1 is 0.705 bits per heavy atom. The number of anilines is 2. The van der Waals surface area contributed by atoms with Gasteiger partial charge in [-0.2, -0.15) is 13.2 Å². The number of nitrogens with one attached hydrogen (secondary N) is 2. The first-order valence-electron chi connectivity index (χ1n) is 18.3. The van der Waals surface area contributed by atoms with Crippen molar-refractivity contribution >= 4 is 57.8 Å². The lowest BCUT2D eigenvalue weighted by molar-refractivity contribution is -0.274. The highest BCUT2D eigenvalue weighted by atomic mass is 35.5. The molecular formula is C40H38Cl2F6N6O7. The number of hydrogen-bond acceptors (Lipinski definition) is 9. The van der Waals surface area contributed by atoms with Crippen molar-refractivity contribution in [3.05, 3.63) is 123 Å². The van der Waals surface area contributed by atoms with E-state index in [2.05, 4.69) is 25.3 Å². The Hall–Kier alpha value is -5.44. The summed E-state index contributed by atoms with van der Waals surface area (Å²) < 4.78 is 78.3. The SMILES string of the molecule is O=C(Nc1ccc(C(F)(F)F)cc1)N1CC=C(c2ncc([C@H](O)CO)cc2Cl)CC1.O=C(Nc1ccc(OC(F)(F)F)cc1)N1CC=C(c2ncc([C@H](O)CO)cc2Cl)CC1. The molecule has 2 aliphatic rings. The number of nitrogens with zero attached hydrogens (tertiary/aromatic N) is 4. The zero-order valence-corrected chi connectivity index (χ0v) is 33.2. The van der Waals surface area contributed by atoms with Gasteiger partial charge in [-0.05, 0) is 84.7 Å². The third-order valence-corrected chi connectivity index (χ3v) is 9.82. The van der Waals surface area contributed by atoms with Crippen molar-refractivity contribution in [2.24, 2.45) is 0 Å². The summed E-state index contributed by atoms with van der Waals surface area (Å²) in [6.07, 6.45) is -3.89. The fraction of sp³-hybridized carbons (Fsp3) is 0.300. The van der Waals surface area contributed by atoms with Gasteiger partial charge in [0.25, 0.3) is 0 Å². The Kier molecular flexibility index (Phi) is 15.6. The average molecular weight is 900 g/mol. The van der Waals surface area contributed by atoms with E-state index in [1.165, 1.54) is 58.6 Å².